The third-order valence-corrected chi connectivity index (χ3v) is 4.95. The van der Waals surface area contributed by atoms with Crippen LogP contribution in [0.15, 0.2) is 23.6 Å². The number of nitrogens with zero attached hydrogens (tertiary/aromatic N) is 2. The van der Waals surface area contributed by atoms with E-state index in [9.17, 15) is 4.79 Å². The first-order valence-corrected chi connectivity index (χ1v) is 8.19. The van der Waals surface area contributed by atoms with E-state index < -0.39 is 0 Å². The number of thiazole rings is 1. The minimum atomic E-state index is 0.254. The molecule has 2 aromatic rings. The molecule has 21 heavy (non-hydrogen) atoms. The molecule has 2 N–H and O–H groups in total. The van der Waals surface area contributed by atoms with Gasteiger partial charge in [0.25, 0.3) is 0 Å². The molecular formula is C16H17N3OS. The van der Waals surface area contributed by atoms with Crippen molar-refractivity contribution in [1.29, 1.82) is 0 Å². The number of hydrogen-bond acceptors (Lipinski definition) is 4. The third-order valence-electron chi connectivity index (χ3n) is 4.28. The molecule has 1 amide bonds. The Morgan fingerprint density at radius 1 is 1.43 bits per heavy atom. The van der Waals surface area contributed by atoms with E-state index in [2.05, 4.69) is 24.0 Å². The van der Waals surface area contributed by atoms with E-state index in [-0.39, 0.29) is 12.0 Å². The Kier molecular flexibility index (Phi) is 2.79. The van der Waals surface area contributed by atoms with Crippen molar-refractivity contribution in [3.05, 3.63) is 29.1 Å². The van der Waals surface area contributed by atoms with E-state index in [0.717, 1.165) is 36.2 Å². The van der Waals surface area contributed by atoms with Gasteiger partial charge in [0, 0.05) is 28.6 Å². The summed E-state index contributed by atoms with van der Waals surface area (Å²) in [5, 5.41) is 2.56. The molecule has 1 fully saturated rings. The smallest absolute Gasteiger partial charge is 0.230 e. The van der Waals surface area contributed by atoms with Gasteiger partial charge in [-0.05, 0) is 43.9 Å². The summed E-state index contributed by atoms with van der Waals surface area (Å²) < 4.78 is 0. The number of hydrogen-bond donors (Lipinski definition) is 1. The Hall–Kier alpha value is -1.88. The Labute approximate surface area is 127 Å². The molecule has 2 aliphatic rings. The van der Waals surface area contributed by atoms with Crippen molar-refractivity contribution in [2.24, 2.45) is 5.92 Å². The fraction of sp³-hybridized carbons (Fsp3) is 0.375. The van der Waals surface area contributed by atoms with Crippen LogP contribution in [0.5, 0.6) is 0 Å². The van der Waals surface area contributed by atoms with Crippen molar-refractivity contribution in [3.63, 3.8) is 0 Å². The Bertz CT molecular complexity index is 720. The van der Waals surface area contributed by atoms with E-state index in [0.29, 0.717) is 11.0 Å². The van der Waals surface area contributed by atoms with Gasteiger partial charge in [0.2, 0.25) is 5.91 Å². The van der Waals surface area contributed by atoms with Gasteiger partial charge in [-0.15, -0.1) is 11.3 Å². The van der Waals surface area contributed by atoms with E-state index >= 15 is 0 Å². The fourth-order valence-corrected chi connectivity index (χ4v) is 3.65. The Balaban J connectivity index is 1.70. The summed E-state index contributed by atoms with van der Waals surface area (Å²) in [5.41, 5.74) is 10.0. The molecule has 1 aromatic carbocycles. The summed E-state index contributed by atoms with van der Waals surface area (Å²) in [7, 11) is 0. The quantitative estimate of drug-likeness (QED) is 0.927. The number of rotatable bonds is 2. The summed E-state index contributed by atoms with van der Waals surface area (Å²) >= 11 is 1.45. The van der Waals surface area contributed by atoms with Gasteiger partial charge in [0.15, 0.2) is 5.13 Å². The molecule has 5 heteroatoms. The zero-order valence-electron chi connectivity index (χ0n) is 11.9. The van der Waals surface area contributed by atoms with Gasteiger partial charge in [-0.25, -0.2) is 4.98 Å². The highest BCUT2D eigenvalue weighted by Crippen LogP contribution is 2.40. The average Bonchev–Trinajstić information content (AvgIpc) is 3.14. The standard InChI is InChI=1S/C16H17N3OS/c1-9-6-12-7-11(13-8-21-16(17)18-13)4-5-14(12)19(9)15(20)10-2-3-10/h4-5,7-10H,2-3,6H2,1H3,(H2,17,18). The van der Waals surface area contributed by atoms with Gasteiger partial charge in [-0.3, -0.25) is 4.79 Å². The second-order valence-corrected chi connectivity index (χ2v) is 6.84. The molecule has 1 saturated carbocycles. The lowest BCUT2D eigenvalue weighted by Crippen LogP contribution is -2.36. The van der Waals surface area contributed by atoms with Gasteiger partial charge in [-0.1, -0.05) is 6.07 Å². The lowest BCUT2D eigenvalue weighted by molar-refractivity contribution is -0.120. The van der Waals surface area contributed by atoms with Crippen LogP contribution < -0.4 is 10.6 Å². The topological polar surface area (TPSA) is 59.2 Å². The highest BCUT2D eigenvalue weighted by molar-refractivity contribution is 7.13. The monoisotopic (exact) mass is 299 g/mol. The normalized spacial score (nSPS) is 20.6. The maximum absolute atomic E-state index is 12.4. The molecule has 0 saturated heterocycles. The highest BCUT2D eigenvalue weighted by atomic mass is 32.1. The van der Waals surface area contributed by atoms with Crippen molar-refractivity contribution < 1.29 is 4.79 Å². The molecule has 1 aliphatic heterocycles. The van der Waals surface area contributed by atoms with E-state index in [4.69, 9.17) is 5.73 Å². The Morgan fingerprint density at radius 2 is 2.24 bits per heavy atom. The largest absolute Gasteiger partial charge is 0.375 e. The zero-order valence-corrected chi connectivity index (χ0v) is 12.7. The third kappa shape index (κ3) is 2.12. The van der Waals surface area contributed by atoms with Crippen LogP contribution in [-0.2, 0) is 11.2 Å². The summed E-state index contributed by atoms with van der Waals surface area (Å²) in [5.74, 6) is 0.559. The highest BCUT2D eigenvalue weighted by Gasteiger charge is 2.39. The second kappa shape index (κ2) is 4.56. The average molecular weight is 299 g/mol. The molecule has 0 spiro atoms. The number of nitrogen functional groups attached to an aromatic ring is 1. The van der Waals surface area contributed by atoms with Crippen molar-refractivity contribution >= 4 is 28.1 Å². The van der Waals surface area contributed by atoms with Crippen LogP contribution in [0.25, 0.3) is 11.3 Å². The van der Waals surface area contributed by atoms with Crippen LogP contribution in [0.4, 0.5) is 10.8 Å². The Morgan fingerprint density at radius 3 is 2.90 bits per heavy atom. The SMILES string of the molecule is CC1Cc2cc(-c3csc(N)n3)ccc2N1C(=O)C1CC1. The van der Waals surface area contributed by atoms with Crippen LogP contribution in [0, 0.1) is 5.92 Å². The van der Waals surface area contributed by atoms with Gasteiger partial charge in [0.05, 0.1) is 5.69 Å². The maximum Gasteiger partial charge on any atom is 0.230 e. The molecule has 1 aromatic heterocycles. The summed E-state index contributed by atoms with van der Waals surface area (Å²) in [6.45, 7) is 2.13. The van der Waals surface area contributed by atoms with Crippen molar-refractivity contribution in [3.8, 4) is 11.3 Å². The first-order valence-electron chi connectivity index (χ1n) is 7.31. The molecule has 0 bridgehead atoms. The number of benzene rings is 1. The molecule has 108 valence electrons. The molecule has 4 rings (SSSR count). The number of nitrogens with two attached hydrogens (primary N) is 1. The van der Waals surface area contributed by atoms with Crippen molar-refractivity contribution in [2.45, 2.75) is 32.2 Å². The minimum absolute atomic E-state index is 0.254. The first-order chi connectivity index (χ1) is 10.1. The lowest BCUT2D eigenvalue weighted by atomic mass is 10.1. The first kappa shape index (κ1) is 12.8. The van der Waals surface area contributed by atoms with Crippen LogP contribution in [-0.4, -0.2) is 16.9 Å². The van der Waals surface area contributed by atoms with Gasteiger partial charge in [0.1, 0.15) is 0 Å². The minimum Gasteiger partial charge on any atom is -0.375 e. The maximum atomic E-state index is 12.4. The van der Waals surface area contributed by atoms with E-state index in [1.807, 2.05) is 16.3 Å². The number of carbonyl (C=O) groups excluding carboxylic acids is 1. The second-order valence-electron chi connectivity index (χ2n) is 5.95. The van der Waals surface area contributed by atoms with Gasteiger partial charge < -0.3 is 10.6 Å². The summed E-state index contributed by atoms with van der Waals surface area (Å²) in [6, 6.07) is 6.51. The lowest BCUT2D eigenvalue weighted by Gasteiger charge is -2.22. The molecular weight excluding hydrogens is 282 g/mol. The van der Waals surface area contributed by atoms with Crippen LogP contribution in [0.1, 0.15) is 25.3 Å². The molecule has 1 aliphatic carbocycles. The van der Waals surface area contributed by atoms with Crippen LogP contribution in [0.3, 0.4) is 0 Å². The van der Waals surface area contributed by atoms with Crippen LogP contribution >= 0.6 is 11.3 Å². The fourth-order valence-electron chi connectivity index (χ4n) is 3.07. The number of aromatic nitrogens is 1. The predicted molar refractivity (Wildman–Crippen MR) is 85.3 cm³/mol. The molecule has 4 nitrogen and oxygen atoms in total. The number of fused-ring (bicyclic) bond motifs is 1. The van der Waals surface area contributed by atoms with Crippen LogP contribution in [0.2, 0.25) is 0 Å². The zero-order chi connectivity index (χ0) is 14.6. The molecule has 2 heterocycles. The van der Waals surface area contributed by atoms with Gasteiger partial charge >= 0.3 is 0 Å². The molecule has 1 atom stereocenters. The number of anilines is 2. The number of amides is 1. The van der Waals surface area contributed by atoms with E-state index in [1.165, 1.54) is 16.9 Å². The molecule has 0 radical (unpaired) electrons. The summed E-state index contributed by atoms with van der Waals surface area (Å²) in [4.78, 5) is 18.8. The van der Waals surface area contributed by atoms with Crippen molar-refractivity contribution in [1.82, 2.24) is 4.98 Å². The van der Waals surface area contributed by atoms with Gasteiger partial charge in [-0.2, -0.15) is 0 Å². The molecule has 1 unspecified atom stereocenters. The predicted octanol–water partition coefficient (Wildman–Crippen LogP) is 3.08. The summed E-state index contributed by atoms with van der Waals surface area (Å²) in [6.07, 6.45) is 3.02. The van der Waals surface area contributed by atoms with E-state index in [1.54, 1.807) is 0 Å². The van der Waals surface area contributed by atoms with Crippen molar-refractivity contribution in [2.75, 3.05) is 10.6 Å². The number of carbonyl (C=O) groups is 1.